The number of aromatic nitrogens is 2. The minimum Gasteiger partial charge on any atom is -0.379 e. The summed E-state index contributed by atoms with van der Waals surface area (Å²) in [6.45, 7) is 10.3. The van der Waals surface area contributed by atoms with E-state index >= 15 is 0 Å². The topological polar surface area (TPSA) is 88.5 Å². The second-order valence-corrected chi connectivity index (χ2v) is 8.08. The van der Waals surface area contributed by atoms with E-state index in [0.717, 1.165) is 23.9 Å². The van der Waals surface area contributed by atoms with Crippen LogP contribution in [0.25, 0.3) is 11.0 Å². The van der Waals surface area contributed by atoms with Gasteiger partial charge in [0.15, 0.2) is 0 Å². The molecule has 0 unspecified atom stereocenters. The normalized spacial score (nSPS) is 15.3. The van der Waals surface area contributed by atoms with E-state index < -0.39 is 6.04 Å². The predicted molar refractivity (Wildman–Crippen MR) is 118 cm³/mol. The molecular weight excluding hydrogens is 382 g/mol. The van der Waals surface area contributed by atoms with Crippen molar-refractivity contribution in [2.75, 3.05) is 24.6 Å². The van der Waals surface area contributed by atoms with Crippen molar-refractivity contribution in [3.8, 4) is 0 Å². The van der Waals surface area contributed by atoms with Crippen LogP contribution < -0.4 is 15.5 Å². The lowest BCUT2D eigenvalue weighted by molar-refractivity contribution is -0.124. The Kier molecular flexibility index (Phi) is 7.31. The van der Waals surface area contributed by atoms with E-state index in [1.165, 1.54) is 0 Å². The van der Waals surface area contributed by atoms with E-state index in [4.69, 9.17) is 4.74 Å². The Hall–Kier alpha value is -2.61. The van der Waals surface area contributed by atoms with Gasteiger partial charge in [-0.2, -0.15) is 0 Å². The molecule has 8 heteroatoms. The number of urea groups is 1. The van der Waals surface area contributed by atoms with Crippen molar-refractivity contribution in [1.29, 1.82) is 0 Å². The number of fused-ring (bicyclic) bond motifs is 3. The van der Waals surface area contributed by atoms with Gasteiger partial charge in [-0.25, -0.2) is 9.78 Å². The second kappa shape index (κ2) is 9.93. The largest absolute Gasteiger partial charge is 0.379 e. The lowest BCUT2D eigenvalue weighted by Crippen LogP contribution is -2.54. The molecule has 164 valence electrons. The maximum absolute atomic E-state index is 13.0. The zero-order valence-corrected chi connectivity index (χ0v) is 18.4. The van der Waals surface area contributed by atoms with E-state index in [-0.39, 0.29) is 24.0 Å². The smallest absolute Gasteiger partial charge is 0.324 e. The number of anilines is 1. The Bertz CT molecular complexity index is 879. The van der Waals surface area contributed by atoms with Crippen molar-refractivity contribution in [1.82, 2.24) is 20.2 Å². The molecule has 0 radical (unpaired) electrons. The van der Waals surface area contributed by atoms with Gasteiger partial charge in [-0.05, 0) is 38.3 Å². The molecule has 30 heavy (non-hydrogen) atoms. The molecule has 2 atom stereocenters. The highest BCUT2D eigenvalue weighted by molar-refractivity contribution is 5.96. The average molecular weight is 416 g/mol. The number of ether oxygens (including phenoxy) is 1. The number of para-hydroxylation sites is 2. The lowest BCUT2D eigenvalue weighted by Gasteiger charge is -2.26. The Morgan fingerprint density at radius 3 is 2.70 bits per heavy atom. The number of nitrogens with one attached hydrogen (secondary N) is 2. The van der Waals surface area contributed by atoms with Crippen LogP contribution >= 0.6 is 0 Å². The first-order valence-corrected chi connectivity index (χ1v) is 10.8. The summed E-state index contributed by atoms with van der Waals surface area (Å²) in [6.07, 6.45) is 1.70. The SMILES string of the molecule is CC[C@@H](C)[C@H](NC(=O)N1CCn2c1nc1ccccc12)C(=O)NCCCOC(C)C. The monoisotopic (exact) mass is 415 g/mol. The fourth-order valence-electron chi connectivity index (χ4n) is 3.61. The standard InChI is InChI=1S/C22H33N5O3/c1-5-16(4)19(20(28)23-11-8-14-30-15(2)3)25-22(29)27-13-12-26-18-10-7-6-9-17(18)24-21(26)27/h6-7,9-10,15-16,19H,5,8,11-14H2,1-4H3,(H,23,28)(H,25,29)/t16-,19+/m1/s1. The fraction of sp³-hybridized carbons (Fsp3) is 0.591. The maximum atomic E-state index is 13.0. The summed E-state index contributed by atoms with van der Waals surface area (Å²) in [5.74, 6) is 0.486. The first-order chi connectivity index (χ1) is 14.4. The van der Waals surface area contributed by atoms with E-state index in [1.807, 2.05) is 56.5 Å². The number of amides is 3. The van der Waals surface area contributed by atoms with Gasteiger partial charge in [0.1, 0.15) is 6.04 Å². The summed E-state index contributed by atoms with van der Waals surface area (Å²) in [7, 11) is 0. The number of hydrogen-bond donors (Lipinski definition) is 2. The predicted octanol–water partition coefficient (Wildman–Crippen LogP) is 2.91. The summed E-state index contributed by atoms with van der Waals surface area (Å²) < 4.78 is 7.55. The zero-order valence-electron chi connectivity index (χ0n) is 18.4. The van der Waals surface area contributed by atoms with Crippen LogP contribution in [0.4, 0.5) is 10.7 Å². The molecule has 3 amide bonds. The Balaban J connectivity index is 1.63. The third-order valence-corrected chi connectivity index (χ3v) is 5.51. The highest BCUT2D eigenvalue weighted by atomic mass is 16.5. The second-order valence-electron chi connectivity index (χ2n) is 8.08. The van der Waals surface area contributed by atoms with Gasteiger partial charge in [0.25, 0.3) is 0 Å². The molecule has 1 aliphatic heterocycles. The number of nitrogens with zero attached hydrogens (tertiary/aromatic N) is 3. The molecule has 2 N–H and O–H groups in total. The molecule has 1 aromatic heterocycles. The van der Waals surface area contributed by atoms with Gasteiger partial charge in [0, 0.05) is 26.2 Å². The molecule has 2 aromatic rings. The third-order valence-electron chi connectivity index (χ3n) is 5.51. The minimum absolute atomic E-state index is 0.0160. The van der Waals surface area contributed by atoms with Crippen LogP contribution in [0.5, 0.6) is 0 Å². The summed E-state index contributed by atoms with van der Waals surface area (Å²) >= 11 is 0. The minimum atomic E-state index is -0.591. The number of benzene rings is 1. The van der Waals surface area contributed by atoms with Gasteiger partial charge in [-0.1, -0.05) is 32.4 Å². The molecule has 8 nitrogen and oxygen atoms in total. The molecule has 0 fully saturated rings. The van der Waals surface area contributed by atoms with Crippen molar-refractivity contribution in [3.05, 3.63) is 24.3 Å². The van der Waals surface area contributed by atoms with E-state index in [1.54, 1.807) is 4.90 Å². The molecule has 0 saturated carbocycles. The fourth-order valence-corrected chi connectivity index (χ4v) is 3.61. The molecule has 3 rings (SSSR count). The first-order valence-electron chi connectivity index (χ1n) is 10.8. The van der Waals surface area contributed by atoms with Gasteiger partial charge < -0.3 is 19.9 Å². The average Bonchev–Trinajstić information content (AvgIpc) is 3.30. The molecule has 0 saturated heterocycles. The Labute approximate surface area is 178 Å². The molecular formula is C22H33N5O3. The highest BCUT2D eigenvalue weighted by Crippen LogP contribution is 2.27. The molecule has 1 aromatic carbocycles. The van der Waals surface area contributed by atoms with Crippen molar-refractivity contribution >= 4 is 28.9 Å². The number of rotatable bonds is 9. The van der Waals surface area contributed by atoms with Crippen LogP contribution in [0.1, 0.15) is 40.5 Å². The molecule has 2 heterocycles. The summed E-state index contributed by atoms with van der Waals surface area (Å²) in [5.41, 5.74) is 1.88. The summed E-state index contributed by atoms with van der Waals surface area (Å²) in [5, 5.41) is 5.88. The van der Waals surface area contributed by atoms with Crippen LogP contribution in [0.2, 0.25) is 0 Å². The number of hydrogen-bond acceptors (Lipinski definition) is 4. The van der Waals surface area contributed by atoms with Crippen LogP contribution in [-0.2, 0) is 16.1 Å². The summed E-state index contributed by atoms with van der Waals surface area (Å²) in [6, 6.07) is 6.97. The van der Waals surface area contributed by atoms with Crippen molar-refractivity contribution < 1.29 is 14.3 Å². The van der Waals surface area contributed by atoms with Gasteiger partial charge in [-0.3, -0.25) is 9.69 Å². The summed E-state index contributed by atoms with van der Waals surface area (Å²) in [4.78, 5) is 32.0. The quantitative estimate of drug-likeness (QED) is 0.617. The number of carbonyl (C=O) groups excluding carboxylic acids is 2. The van der Waals surface area contributed by atoms with Gasteiger partial charge >= 0.3 is 6.03 Å². The van der Waals surface area contributed by atoms with E-state index in [2.05, 4.69) is 15.6 Å². The van der Waals surface area contributed by atoms with Crippen LogP contribution in [-0.4, -0.2) is 53.3 Å². The van der Waals surface area contributed by atoms with Gasteiger partial charge in [0.2, 0.25) is 11.9 Å². The Morgan fingerprint density at radius 2 is 1.97 bits per heavy atom. The first kappa shape index (κ1) is 22.1. The van der Waals surface area contributed by atoms with E-state index in [9.17, 15) is 9.59 Å². The van der Waals surface area contributed by atoms with Crippen molar-refractivity contribution in [2.45, 2.75) is 59.2 Å². The highest BCUT2D eigenvalue weighted by Gasteiger charge is 2.32. The zero-order chi connectivity index (χ0) is 21.7. The van der Waals surface area contributed by atoms with Crippen LogP contribution in [0.3, 0.4) is 0 Å². The number of imidazole rings is 1. The third kappa shape index (κ3) is 4.92. The molecule has 0 aliphatic carbocycles. The van der Waals surface area contributed by atoms with Crippen LogP contribution in [0.15, 0.2) is 24.3 Å². The van der Waals surface area contributed by atoms with Gasteiger partial charge in [0.05, 0.1) is 17.1 Å². The van der Waals surface area contributed by atoms with Crippen LogP contribution in [0, 0.1) is 5.92 Å². The Morgan fingerprint density at radius 1 is 1.20 bits per heavy atom. The molecule has 1 aliphatic rings. The molecule has 0 spiro atoms. The van der Waals surface area contributed by atoms with Crippen molar-refractivity contribution in [3.63, 3.8) is 0 Å². The van der Waals surface area contributed by atoms with E-state index in [0.29, 0.717) is 32.2 Å². The molecule has 0 bridgehead atoms. The number of carbonyl (C=O) groups is 2. The lowest BCUT2D eigenvalue weighted by atomic mass is 9.98. The van der Waals surface area contributed by atoms with Crippen molar-refractivity contribution in [2.24, 2.45) is 5.92 Å². The van der Waals surface area contributed by atoms with Gasteiger partial charge in [-0.15, -0.1) is 0 Å². The maximum Gasteiger partial charge on any atom is 0.324 e.